The number of hydrogen-bond acceptors (Lipinski definition) is 3. The molecule has 1 amide bonds. The molecule has 0 saturated heterocycles. The highest BCUT2D eigenvalue weighted by Gasteiger charge is 2.13. The maximum Gasteiger partial charge on any atom is 0.247 e. The summed E-state index contributed by atoms with van der Waals surface area (Å²) in [5.41, 5.74) is 1.07. The van der Waals surface area contributed by atoms with Gasteiger partial charge in [-0.15, -0.1) is 0 Å². The Morgan fingerprint density at radius 1 is 1.04 bits per heavy atom. The van der Waals surface area contributed by atoms with E-state index >= 15 is 0 Å². The van der Waals surface area contributed by atoms with Crippen molar-refractivity contribution in [3.8, 4) is 0 Å². The molecule has 4 heteroatoms. The number of amides is 1. The second kappa shape index (κ2) is 7.51. The van der Waals surface area contributed by atoms with Gasteiger partial charge in [0, 0.05) is 12.6 Å². The Balaban J connectivity index is 1.75. The minimum Gasteiger partial charge on any atom is -0.467 e. The van der Waals surface area contributed by atoms with Crippen LogP contribution < -0.4 is 0 Å². The zero-order valence-corrected chi connectivity index (χ0v) is 13.5. The molecular formula is C20H19NO3. The van der Waals surface area contributed by atoms with Crippen LogP contribution in [0.1, 0.15) is 22.8 Å². The molecule has 3 rings (SSSR count). The highest BCUT2D eigenvalue weighted by Crippen LogP contribution is 2.13. The molecule has 0 aliphatic heterocycles. The van der Waals surface area contributed by atoms with E-state index in [9.17, 15) is 4.79 Å². The number of furan rings is 2. The minimum absolute atomic E-state index is 0.0932. The Hall–Kier alpha value is -3.01. The van der Waals surface area contributed by atoms with Crippen molar-refractivity contribution in [1.82, 2.24) is 4.90 Å². The summed E-state index contributed by atoms with van der Waals surface area (Å²) < 4.78 is 10.8. The van der Waals surface area contributed by atoms with Gasteiger partial charge in [0.15, 0.2) is 0 Å². The van der Waals surface area contributed by atoms with E-state index in [4.69, 9.17) is 8.83 Å². The zero-order chi connectivity index (χ0) is 16.8. The maximum atomic E-state index is 12.6. The lowest BCUT2D eigenvalue weighted by atomic mass is 10.2. The van der Waals surface area contributed by atoms with Crippen LogP contribution in [0.4, 0.5) is 0 Å². The number of nitrogens with zero attached hydrogens (tertiary/aromatic N) is 1. The number of benzene rings is 1. The van der Waals surface area contributed by atoms with E-state index < -0.39 is 0 Å². The van der Waals surface area contributed by atoms with Crippen molar-refractivity contribution in [3.63, 3.8) is 0 Å². The number of aryl methyl sites for hydroxylation is 1. The molecule has 0 saturated carbocycles. The number of carbonyl (C=O) groups is 1. The molecule has 0 aliphatic carbocycles. The summed E-state index contributed by atoms with van der Waals surface area (Å²) in [6.07, 6.45) is 4.83. The molecular weight excluding hydrogens is 302 g/mol. The molecule has 0 N–H and O–H groups in total. The second-order valence-corrected chi connectivity index (χ2v) is 5.54. The van der Waals surface area contributed by atoms with Crippen LogP contribution in [0.15, 0.2) is 75.8 Å². The fourth-order valence-electron chi connectivity index (χ4n) is 2.41. The van der Waals surface area contributed by atoms with E-state index in [2.05, 4.69) is 0 Å². The van der Waals surface area contributed by atoms with Gasteiger partial charge in [-0.3, -0.25) is 4.79 Å². The Morgan fingerprint density at radius 3 is 2.54 bits per heavy atom. The van der Waals surface area contributed by atoms with Crippen LogP contribution in [0.5, 0.6) is 0 Å². The molecule has 4 nitrogen and oxygen atoms in total. The van der Waals surface area contributed by atoms with E-state index in [1.54, 1.807) is 17.2 Å². The lowest BCUT2D eigenvalue weighted by molar-refractivity contribution is -0.127. The molecule has 0 radical (unpaired) electrons. The fourth-order valence-corrected chi connectivity index (χ4v) is 2.41. The van der Waals surface area contributed by atoms with Gasteiger partial charge >= 0.3 is 0 Å². The average Bonchev–Trinajstić information content (AvgIpc) is 3.24. The van der Waals surface area contributed by atoms with E-state index in [0.29, 0.717) is 18.8 Å². The molecule has 0 atom stereocenters. The van der Waals surface area contributed by atoms with Crippen LogP contribution in [-0.2, 0) is 17.9 Å². The Kier molecular flexibility index (Phi) is 4.96. The molecule has 2 aromatic heterocycles. The van der Waals surface area contributed by atoms with Crippen molar-refractivity contribution in [2.45, 2.75) is 20.0 Å². The summed E-state index contributed by atoms with van der Waals surface area (Å²) >= 11 is 0. The first kappa shape index (κ1) is 15.9. The van der Waals surface area contributed by atoms with Gasteiger partial charge in [0.25, 0.3) is 0 Å². The van der Waals surface area contributed by atoms with E-state index in [1.165, 1.54) is 6.08 Å². The topological polar surface area (TPSA) is 46.6 Å². The first-order valence-electron chi connectivity index (χ1n) is 7.80. The van der Waals surface area contributed by atoms with Gasteiger partial charge in [-0.05, 0) is 42.8 Å². The third-order valence-corrected chi connectivity index (χ3v) is 3.61. The molecule has 0 bridgehead atoms. The second-order valence-electron chi connectivity index (χ2n) is 5.54. The Bertz CT molecular complexity index is 801. The van der Waals surface area contributed by atoms with Gasteiger partial charge in [0.2, 0.25) is 5.91 Å². The molecule has 0 aliphatic rings. The highest BCUT2D eigenvalue weighted by molar-refractivity contribution is 5.91. The largest absolute Gasteiger partial charge is 0.467 e. The van der Waals surface area contributed by atoms with Gasteiger partial charge in [0.05, 0.1) is 12.8 Å². The smallest absolute Gasteiger partial charge is 0.247 e. The maximum absolute atomic E-state index is 12.6. The van der Waals surface area contributed by atoms with Gasteiger partial charge in [-0.25, -0.2) is 0 Å². The Labute approximate surface area is 141 Å². The molecule has 2 heterocycles. The summed E-state index contributed by atoms with van der Waals surface area (Å²) in [7, 11) is 0. The van der Waals surface area contributed by atoms with Crippen LogP contribution >= 0.6 is 0 Å². The normalized spacial score (nSPS) is 11.0. The fraction of sp³-hybridized carbons (Fsp3) is 0.150. The Morgan fingerprint density at radius 2 is 1.88 bits per heavy atom. The number of hydrogen-bond donors (Lipinski definition) is 0. The van der Waals surface area contributed by atoms with Crippen LogP contribution in [0.25, 0.3) is 6.08 Å². The third-order valence-electron chi connectivity index (χ3n) is 3.61. The van der Waals surface area contributed by atoms with Crippen LogP contribution in [0.2, 0.25) is 0 Å². The predicted octanol–water partition coefficient (Wildman–Crippen LogP) is 4.42. The summed E-state index contributed by atoms with van der Waals surface area (Å²) in [6.45, 7) is 2.81. The lowest BCUT2D eigenvalue weighted by Gasteiger charge is -2.20. The molecule has 0 fully saturated rings. The minimum atomic E-state index is -0.0932. The van der Waals surface area contributed by atoms with Crippen LogP contribution in [0, 0.1) is 6.92 Å². The van der Waals surface area contributed by atoms with Gasteiger partial charge in [-0.2, -0.15) is 0 Å². The summed E-state index contributed by atoms with van der Waals surface area (Å²) in [6, 6.07) is 17.3. The standard InChI is InChI=1S/C20H19NO3/c1-16-9-10-18(24-16)11-12-20(22)21(15-19-8-5-13-23-19)14-17-6-3-2-4-7-17/h2-13H,14-15H2,1H3. The molecule has 24 heavy (non-hydrogen) atoms. The number of rotatable bonds is 6. The van der Waals surface area contributed by atoms with E-state index in [0.717, 1.165) is 17.1 Å². The van der Waals surface area contributed by atoms with Crippen molar-refractivity contribution >= 4 is 12.0 Å². The highest BCUT2D eigenvalue weighted by atomic mass is 16.3. The molecule has 0 spiro atoms. The lowest BCUT2D eigenvalue weighted by Crippen LogP contribution is -2.28. The van der Waals surface area contributed by atoms with Gasteiger partial charge < -0.3 is 13.7 Å². The molecule has 0 unspecified atom stereocenters. The molecule has 122 valence electrons. The first-order valence-corrected chi connectivity index (χ1v) is 7.80. The molecule has 3 aromatic rings. The quantitative estimate of drug-likeness (QED) is 0.631. The third kappa shape index (κ3) is 4.26. The van der Waals surface area contributed by atoms with E-state index in [-0.39, 0.29) is 5.91 Å². The predicted molar refractivity (Wildman–Crippen MR) is 91.9 cm³/mol. The summed E-state index contributed by atoms with van der Waals surface area (Å²) in [4.78, 5) is 14.3. The van der Waals surface area contributed by atoms with E-state index in [1.807, 2.05) is 61.5 Å². The average molecular weight is 321 g/mol. The molecule has 1 aromatic carbocycles. The summed E-state index contributed by atoms with van der Waals surface area (Å²) in [5, 5.41) is 0. The van der Waals surface area contributed by atoms with Gasteiger partial charge in [-0.1, -0.05) is 30.3 Å². The van der Waals surface area contributed by atoms with Crippen molar-refractivity contribution in [2.75, 3.05) is 0 Å². The van der Waals surface area contributed by atoms with Gasteiger partial charge in [0.1, 0.15) is 17.3 Å². The SMILES string of the molecule is Cc1ccc(C=CC(=O)N(Cc2ccccc2)Cc2ccco2)o1. The monoisotopic (exact) mass is 321 g/mol. The van der Waals surface area contributed by atoms with Crippen molar-refractivity contribution in [2.24, 2.45) is 0 Å². The van der Waals surface area contributed by atoms with Crippen molar-refractivity contribution in [1.29, 1.82) is 0 Å². The van der Waals surface area contributed by atoms with Crippen LogP contribution in [-0.4, -0.2) is 10.8 Å². The van der Waals surface area contributed by atoms with Crippen molar-refractivity contribution < 1.29 is 13.6 Å². The van der Waals surface area contributed by atoms with Crippen molar-refractivity contribution in [3.05, 3.63) is 89.8 Å². The van der Waals surface area contributed by atoms with Crippen LogP contribution in [0.3, 0.4) is 0 Å². The first-order chi connectivity index (χ1) is 11.7. The number of carbonyl (C=O) groups excluding carboxylic acids is 1. The summed E-state index contributed by atoms with van der Waals surface area (Å²) in [5.74, 6) is 2.14. The zero-order valence-electron chi connectivity index (χ0n) is 13.5.